The standard InChI is InChI=1S/C47H30N2/c1-4-16-32(17-5-1)45-44-36-23-11-10-15-31(36)27-28-43(44)48-46(49-45)38-25-14-18-33-29-40-37-24-12-13-26-41(37)47(42(40)30-39(33)38,34-19-6-2-7-20-34)35-21-8-3-9-22-35/h1-30H. The van der Waals surface area contributed by atoms with Crippen molar-refractivity contribution in [2.75, 3.05) is 0 Å². The van der Waals surface area contributed by atoms with Crippen molar-refractivity contribution in [3.05, 3.63) is 204 Å². The van der Waals surface area contributed by atoms with Crippen molar-refractivity contribution in [3.63, 3.8) is 0 Å². The van der Waals surface area contributed by atoms with Crippen molar-refractivity contribution < 1.29 is 0 Å². The average Bonchev–Trinajstić information content (AvgIpc) is 3.47. The van der Waals surface area contributed by atoms with Crippen LogP contribution in [0.3, 0.4) is 0 Å². The Morgan fingerprint density at radius 1 is 0.388 bits per heavy atom. The van der Waals surface area contributed by atoms with Gasteiger partial charge in [0.25, 0.3) is 0 Å². The molecule has 1 heterocycles. The molecule has 9 aromatic rings. The van der Waals surface area contributed by atoms with Crippen molar-refractivity contribution in [1.29, 1.82) is 0 Å². The Bertz CT molecular complexity index is 2660. The summed E-state index contributed by atoms with van der Waals surface area (Å²) >= 11 is 0. The van der Waals surface area contributed by atoms with E-state index in [1.54, 1.807) is 0 Å². The van der Waals surface area contributed by atoms with Crippen molar-refractivity contribution >= 4 is 32.4 Å². The monoisotopic (exact) mass is 622 g/mol. The van der Waals surface area contributed by atoms with Gasteiger partial charge in [0.15, 0.2) is 5.82 Å². The SMILES string of the molecule is c1ccc(-c2nc(-c3cccc4cc5c(cc34)C(c3ccccc3)(c3ccccc3)c3ccccc3-5)nc3ccc4ccccc4c23)cc1. The number of benzene rings is 8. The molecule has 0 fully saturated rings. The van der Waals surface area contributed by atoms with E-state index in [0.717, 1.165) is 44.3 Å². The van der Waals surface area contributed by atoms with Gasteiger partial charge in [-0.15, -0.1) is 0 Å². The van der Waals surface area contributed by atoms with E-state index in [1.165, 1.54) is 44.2 Å². The molecule has 2 heteroatoms. The molecule has 0 spiro atoms. The largest absolute Gasteiger partial charge is 0.228 e. The lowest BCUT2D eigenvalue weighted by Gasteiger charge is -2.34. The zero-order valence-corrected chi connectivity index (χ0v) is 26.7. The fourth-order valence-electron chi connectivity index (χ4n) is 8.24. The number of nitrogens with zero attached hydrogens (tertiary/aromatic N) is 2. The lowest BCUT2D eigenvalue weighted by Crippen LogP contribution is -2.28. The van der Waals surface area contributed by atoms with Gasteiger partial charge < -0.3 is 0 Å². The molecule has 8 aromatic carbocycles. The lowest BCUT2D eigenvalue weighted by molar-refractivity contribution is 0.769. The third-order valence-corrected chi connectivity index (χ3v) is 10.3. The predicted octanol–water partition coefficient (Wildman–Crippen LogP) is 11.6. The van der Waals surface area contributed by atoms with Gasteiger partial charge in [-0.25, -0.2) is 9.97 Å². The van der Waals surface area contributed by atoms with Gasteiger partial charge in [-0.1, -0.05) is 164 Å². The second-order valence-corrected chi connectivity index (χ2v) is 12.9. The van der Waals surface area contributed by atoms with E-state index in [0.29, 0.717) is 0 Å². The van der Waals surface area contributed by atoms with Crippen LogP contribution in [0.1, 0.15) is 22.3 Å². The Labute approximate surface area is 285 Å². The third kappa shape index (κ3) is 4.07. The molecule has 1 aromatic heterocycles. The molecule has 10 rings (SSSR count). The van der Waals surface area contributed by atoms with Crippen LogP contribution in [0.5, 0.6) is 0 Å². The van der Waals surface area contributed by atoms with Crippen LogP contribution in [-0.2, 0) is 5.41 Å². The predicted molar refractivity (Wildman–Crippen MR) is 203 cm³/mol. The minimum absolute atomic E-state index is 0.478. The molecule has 0 N–H and O–H groups in total. The molecular weight excluding hydrogens is 593 g/mol. The van der Waals surface area contributed by atoms with E-state index in [2.05, 4.69) is 182 Å². The molecule has 0 unspecified atom stereocenters. The summed E-state index contributed by atoms with van der Waals surface area (Å²) in [4.78, 5) is 10.7. The average molecular weight is 623 g/mol. The maximum Gasteiger partial charge on any atom is 0.161 e. The first-order valence-electron chi connectivity index (χ1n) is 16.8. The van der Waals surface area contributed by atoms with Crippen LogP contribution in [-0.4, -0.2) is 9.97 Å². The highest BCUT2D eigenvalue weighted by Gasteiger charge is 2.46. The van der Waals surface area contributed by atoms with Gasteiger partial charge >= 0.3 is 0 Å². The van der Waals surface area contributed by atoms with Gasteiger partial charge in [0, 0.05) is 16.5 Å². The Morgan fingerprint density at radius 2 is 1.02 bits per heavy atom. The second kappa shape index (κ2) is 10.8. The molecule has 0 amide bonds. The first-order valence-corrected chi connectivity index (χ1v) is 16.8. The van der Waals surface area contributed by atoms with E-state index in [1.807, 2.05) is 0 Å². The molecule has 0 aliphatic heterocycles. The second-order valence-electron chi connectivity index (χ2n) is 12.9. The summed E-state index contributed by atoms with van der Waals surface area (Å²) in [6.45, 7) is 0. The summed E-state index contributed by atoms with van der Waals surface area (Å²) in [6, 6.07) is 65.6. The highest BCUT2D eigenvalue weighted by Crippen LogP contribution is 2.57. The van der Waals surface area contributed by atoms with E-state index in [-0.39, 0.29) is 0 Å². The van der Waals surface area contributed by atoms with Crippen LogP contribution in [0.15, 0.2) is 182 Å². The fourth-order valence-corrected chi connectivity index (χ4v) is 8.24. The zero-order valence-electron chi connectivity index (χ0n) is 26.7. The number of aromatic nitrogens is 2. The Hall–Kier alpha value is -6.38. The summed E-state index contributed by atoms with van der Waals surface area (Å²) in [7, 11) is 0. The van der Waals surface area contributed by atoms with E-state index in [9.17, 15) is 0 Å². The Kier molecular flexibility index (Phi) is 6.13. The topological polar surface area (TPSA) is 25.8 Å². The Balaban J connectivity index is 1.30. The summed E-state index contributed by atoms with van der Waals surface area (Å²) in [5.74, 6) is 0.729. The maximum atomic E-state index is 5.42. The first-order chi connectivity index (χ1) is 24.3. The number of rotatable bonds is 4. The first kappa shape index (κ1) is 27.7. The summed E-state index contributed by atoms with van der Waals surface area (Å²) in [5, 5.41) is 5.74. The molecule has 0 radical (unpaired) electrons. The summed E-state index contributed by atoms with van der Waals surface area (Å²) in [6.07, 6.45) is 0. The quantitative estimate of drug-likeness (QED) is 0.183. The molecule has 0 saturated carbocycles. The minimum atomic E-state index is -0.478. The molecular formula is C47H30N2. The zero-order chi connectivity index (χ0) is 32.4. The molecule has 49 heavy (non-hydrogen) atoms. The van der Waals surface area contributed by atoms with Crippen molar-refractivity contribution in [2.45, 2.75) is 5.41 Å². The molecule has 0 bridgehead atoms. The highest BCUT2D eigenvalue weighted by molar-refractivity contribution is 6.13. The normalized spacial score (nSPS) is 13.1. The van der Waals surface area contributed by atoms with Gasteiger partial charge in [0.05, 0.1) is 16.6 Å². The van der Waals surface area contributed by atoms with Gasteiger partial charge in [-0.05, 0) is 73.1 Å². The molecule has 2 nitrogen and oxygen atoms in total. The number of fused-ring (bicyclic) bond motifs is 7. The van der Waals surface area contributed by atoms with Crippen LogP contribution in [0.25, 0.3) is 66.2 Å². The number of hydrogen-bond acceptors (Lipinski definition) is 2. The van der Waals surface area contributed by atoms with Gasteiger partial charge in [-0.3, -0.25) is 0 Å². The van der Waals surface area contributed by atoms with Crippen LogP contribution >= 0.6 is 0 Å². The minimum Gasteiger partial charge on any atom is -0.228 e. The lowest BCUT2D eigenvalue weighted by atomic mass is 9.67. The molecule has 228 valence electrons. The summed E-state index contributed by atoms with van der Waals surface area (Å²) in [5.41, 5.74) is 11.2. The van der Waals surface area contributed by atoms with Crippen molar-refractivity contribution in [2.24, 2.45) is 0 Å². The van der Waals surface area contributed by atoms with Crippen molar-refractivity contribution in [1.82, 2.24) is 9.97 Å². The molecule has 1 aliphatic rings. The van der Waals surface area contributed by atoms with Crippen molar-refractivity contribution in [3.8, 4) is 33.8 Å². The van der Waals surface area contributed by atoms with Crippen LogP contribution in [0, 0.1) is 0 Å². The van der Waals surface area contributed by atoms with Crippen LogP contribution in [0.4, 0.5) is 0 Å². The highest BCUT2D eigenvalue weighted by atomic mass is 14.9. The third-order valence-electron chi connectivity index (χ3n) is 10.3. The Morgan fingerprint density at radius 3 is 1.80 bits per heavy atom. The van der Waals surface area contributed by atoms with E-state index >= 15 is 0 Å². The number of hydrogen-bond donors (Lipinski definition) is 0. The molecule has 0 saturated heterocycles. The smallest absolute Gasteiger partial charge is 0.161 e. The molecule has 0 atom stereocenters. The van der Waals surface area contributed by atoms with E-state index < -0.39 is 5.41 Å². The maximum absolute atomic E-state index is 5.42. The van der Waals surface area contributed by atoms with E-state index in [4.69, 9.17) is 9.97 Å². The summed E-state index contributed by atoms with van der Waals surface area (Å²) < 4.78 is 0. The fraction of sp³-hybridized carbons (Fsp3) is 0.0213. The molecule has 1 aliphatic carbocycles. The van der Waals surface area contributed by atoms with Crippen LogP contribution in [0.2, 0.25) is 0 Å². The van der Waals surface area contributed by atoms with Gasteiger partial charge in [-0.2, -0.15) is 0 Å². The van der Waals surface area contributed by atoms with Crippen LogP contribution < -0.4 is 0 Å². The van der Waals surface area contributed by atoms with Gasteiger partial charge in [0.2, 0.25) is 0 Å². The van der Waals surface area contributed by atoms with Gasteiger partial charge in [0.1, 0.15) is 0 Å².